The van der Waals surface area contributed by atoms with Crippen LogP contribution in [0.15, 0.2) is 30.5 Å². The second kappa shape index (κ2) is 7.50. The molecule has 3 rings (SSSR count). The molecule has 7 heteroatoms. The number of carbonyl (C=O) groups is 2. The molecule has 1 aliphatic heterocycles. The van der Waals surface area contributed by atoms with Gasteiger partial charge in [0.2, 0.25) is 0 Å². The predicted octanol–water partition coefficient (Wildman–Crippen LogP) is 3.59. The van der Waals surface area contributed by atoms with Crippen LogP contribution in [0.3, 0.4) is 0 Å². The molecule has 1 fully saturated rings. The van der Waals surface area contributed by atoms with Crippen molar-refractivity contribution < 1.29 is 14.7 Å². The molecule has 6 nitrogen and oxygen atoms in total. The van der Waals surface area contributed by atoms with E-state index in [1.807, 2.05) is 26.0 Å². The van der Waals surface area contributed by atoms with Crippen LogP contribution in [-0.4, -0.2) is 44.8 Å². The van der Waals surface area contributed by atoms with Crippen LogP contribution in [0.25, 0.3) is 5.69 Å². The molecule has 2 aromatic rings. The summed E-state index contributed by atoms with van der Waals surface area (Å²) < 4.78 is 1.74. The maximum atomic E-state index is 13.1. The molecule has 26 heavy (non-hydrogen) atoms. The third-order valence-corrected chi connectivity index (χ3v) is 4.93. The van der Waals surface area contributed by atoms with Crippen LogP contribution in [0.4, 0.5) is 0 Å². The number of carboxylic acids is 1. The van der Waals surface area contributed by atoms with Gasteiger partial charge in [0.15, 0.2) is 0 Å². The van der Waals surface area contributed by atoms with Gasteiger partial charge in [-0.15, -0.1) is 0 Å². The molecule has 1 saturated heterocycles. The zero-order valence-corrected chi connectivity index (χ0v) is 15.6. The van der Waals surface area contributed by atoms with Gasteiger partial charge in [-0.05, 0) is 37.0 Å². The standard InChI is InChI=1S/C19H22ClN3O3/c1-12(2)17-16(10-21-23(17)15-7-3-6-14(20)9-15)18(24)22-8-4-5-13(11-22)19(25)26/h3,6-7,9-10,12-13H,4-5,8,11H2,1-2H3,(H,25,26). The zero-order chi connectivity index (χ0) is 18.8. The summed E-state index contributed by atoms with van der Waals surface area (Å²) in [5.41, 5.74) is 2.11. The molecule has 1 aliphatic rings. The lowest BCUT2D eigenvalue weighted by molar-refractivity contribution is -0.143. The van der Waals surface area contributed by atoms with Crippen molar-refractivity contribution in [2.75, 3.05) is 13.1 Å². The van der Waals surface area contributed by atoms with Gasteiger partial charge in [0.1, 0.15) is 0 Å². The Hall–Kier alpha value is -2.34. The number of piperidine rings is 1. The van der Waals surface area contributed by atoms with Crippen molar-refractivity contribution in [2.24, 2.45) is 5.92 Å². The highest BCUT2D eigenvalue weighted by Crippen LogP contribution is 2.27. The van der Waals surface area contributed by atoms with Crippen LogP contribution >= 0.6 is 11.6 Å². The Labute approximate surface area is 157 Å². The summed E-state index contributed by atoms with van der Waals surface area (Å²) in [7, 11) is 0. The Balaban J connectivity index is 1.95. The Kier molecular flexibility index (Phi) is 5.32. The first-order valence-electron chi connectivity index (χ1n) is 8.74. The van der Waals surface area contributed by atoms with Crippen molar-refractivity contribution in [1.82, 2.24) is 14.7 Å². The highest BCUT2D eigenvalue weighted by molar-refractivity contribution is 6.30. The average molecular weight is 376 g/mol. The lowest BCUT2D eigenvalue weighted by atomic mass is 9.97. The minimum atomic E-state index is -0.846. The van der Waals surface area contributed by atoms with E-state index in [1.54, 1.807) is 27.9 Å². The van der Waals surface area contributed by atoms with E-state index in [1.165, 1.54) is 0 Å². The van der Waals surface area contributed by atoms with E-state index in [4.69, 9.17) is 11.6 Å². The molecule has 1 aromatic carbocycles. The molecule has 2 heterocycles. The van der Waals surface area contributed by atoms with Crippen LogP contribution in [-0.2, 0) is 4.79 Å². The summed E-state index contributed by atoms with van der Waals surface area (Å²) in [6.45, 7) is 4.83. The maximum absolute atomic E-state index is 13.1. The topological polar surface area (TPSA) is 75.4 Å². The summed E-state index contributed by atoms with van der Waals surface area (Å²) in [5.74, 6) is -1.44. The quantitative estimate of drug-likeness (QED) is 0.886. The average Bonchev–Trinajstić information content (AvgIpc) is 3.06. The van der Waals surface area contributed by atoms with Gasteiger partial charge in [0.05, 0.1) is 29.1 Å². The van der Waals surface area contributed by atoms with Gasteiger partial charge < -0.3 is 10.0 Å². The highest BCUT2D eigenvalue weighted by Gasteiger charge is 2.31. The monoisotopic (exact) mass is 375 g/mol. The number of carbonyl (C=O) groups excluding carboxylic acids is 1. The Morgan fingerprint density at radius 1 is 1.35 bits per heavy atom. The number of benzene rings is 1. The summed E-state index contributed by atoms with van der Waals surface area (Å²) in [5, 5.41) is 14.3. The lowest BCUT2D eigenvalue weighted by Gasteiger charge is -2.31. The molecule has 1 aromatic heterocycles. The number of carboxylic acid groups (broad SMARTS) is 1. The van der Waals surface area contributed by atoms with Gasteiger partial charge >= 0.3 is 5.97 Å². The van der Waals surface area contributed by atoms with Crippen molar-refractivity contribution >= 4 is 23.5 Å². The molecule has 0 aliphatic carbocycles. The number of likely N-dealkylation sites (tertiary alicyclic amines) is 1. The van der Waals surface area contributed by atoms with Gasteiger partial charge in [-0.25, -0.2) is 4.68 Å². The number of nitrogens with zero attached hydrogens (tertiary/aromatic N) is 3. The molecule has 0 radical (unpaired) electrons. The van der Waals surface area contributed by atoms with E-state index < -0.39 is 11.9 Å². The first kappa shape index (κ1) is 18.5. The van der Waals surface area contributed by atoms with E-state index >= 15 is 0 Å². The van der Waals surface area contributed by atoms with Crippen molar-refractivity contribution in [3.8, 4) is 5.69 Å². The summed E-state index contributed by atoms with van der Waals surface area (Å²) in [6.07, 6.45) is 2.88. The van der Waals surface area contributed by atoms with Crippen LogP contribution in [0.2, 0.25) is 5.02 Å². The molecule has 138 valence electrons. The fourth-order valence-corrected chi connectivity index (χ4v) is 3.61. The smallest absolute Gasteiger partial charge is 0.308 e. The molecule has 1 unspecified atom stereocenters. The van der Waals surface area contributed by atoms with E-state index in [0.717, 1.165) is 11.4 Å². The van der Waals surface area contributed by atoms with E-state index in [2.05, 4.69) is 5.10 Å². The second-order valence-corrected chi connectivity index (χ2v) is 7.35. The third-order valence-electron chi connectivity index (χ3n) is 4.69. The molecule has 1 amide bonds. The normalized spacial score (nSPS) is 17.5. The van der Waals surface area contributed by atoms with Crippen molar-refractivity contribution in [1.29, 1.82) is 0 Å². The van der Waals surface area contributed by atoms with Crippen LogP contribution in [0, 0.1) is 5.92 Å². The van der Waals surface area contributed by atoms with Gasteiger partial charge in [0.25, 0.3) is 5.91 Å². The molecule has 0 saturated carbocycles. The SMILES string of the molecule is CC(C)c1c(C(=O)N2CCCC(C(=O)O)C2)cnn1-c1cccc(Cl)c1. The highest BCUT2D eigenvalue weighted by atomic mass is 35.5. The predicted molar refractivity (Wildman–Crippen MR) is 98.9 cm³/mol. The number of aromatic nitrogens is 2. The Bertz CT molecular complexity index is 831. The minimum Gasteiger partial charge on any atom is -0.481 e. The fraction of sp³-hybridized carbons (Fsp3) is 0.421. The number of halogens is 1. The molecule has 0 spiro atoms. The van der Waals surface area contributed by atoms with Gasteiger partial charge in [0, 0.05) is 18.1 Å². The second-order valence-electron chi connectivity index (χ2n) is 6.92. The van der Waals surface area contributed by atoms with Gasteiger partial charge in [-0.1, -0.05) is 31.5 Å². The number of rotatable bonds is 4. The van der Waals surface area contributed by atoms with Crippen molar-refractivity contribution in [2.45, 2.75) is 32.6 Å². The largest absolute Gasteiger partial charge is 0.481 e. The van der Waals surface area contributed by atoms with E-state index in [0.29, 0.717) is 30.0 Å². The summed E-state index contributed by atoms with van der Waals surface area (Å²) in [4.78, 5) is 26.0. The molecule has 0 bridgehead atoms. The molecular formula is C19H22ClN3O3. The molecule has 1 N–H and O–H groups in total. The van der Waals surface area contributed by atoms with Crippen molar-refractivity contribution in [3.05, 3.63) is 46.7 Å². The van der Waals surface area contributed by atoms with Crippen LogP contribution in [0.5, 0.6) is 0 Å². The number of amides is 1. The van der Waals surface area contributed by atoms with Gasteiger partial charge in [-0.3, -0.25) is 9.59 Å². The van der Waals surface area contributed by atoms with Crippen LogP contribution < -0.4 is 0 Å². The van der Waals surface area contributed by atoms with Crippen LogP contribution in [0.1, 0.15) is 48.7 Å². The van der Waals surface area contributed by atoms with Crippen molar-refractivity contribution in [3.63, 3.8) is 0 Å². The first-order valence-corrected chi connectivity index (χ1v) is 9.12. The zero-order valence-electron chi connectivity index (χ0n) is 14.9. The summed E-state index contributed by atoms with van der Waals surface area (Å²) >= 11 is 6.09. The fourth-order valence-electron chi connectivity index (χ4n) is 3.43. The number of hydrogen-bond acceptors (Lipinski definition) is 3. The molecular weight excluding hydrogens is 354 g/mol. The van der Waals surface area contributed by atoms with E-state index in [-0.39, 0.29) is 18.4 Å². The lowest BCUT2D eigenvalue weighted by Crippen LogP contribution is -2.42. The van der Waals surface area contributed by atoms with E-state index in [9.17, 15) is 14.7 Å². The molecule has 1 atom stereocenters. The maximum Gasteiger partial charge on any atom is 0.308 e. The number of aliphatic carboxylic acids is 1. The third kappa shape index (κ3) is 3.60. The minimum absolute atomic E-state index is 0.0653. The van der Waals surface area contributed by atoms with Gasteiger partial charge in [-0.2, -0.15) is 5.10 Å². The number of hydrogen-bond donors (Lipinski definition) is 1. The Morgan fingerprint density at radius 2 is 2.12 bits per heavy atom. The Morgan fingerprint density at radius 3 is 2.77 bits per heavy atom. The first-order chi connectivity index (χ1) is 12.4. The summed E-state index contributed by atoms with van der Waals surface area (Å²) in [6, 6.07) is 7.32.